The first kappa shape index (κ1) is 22.3. The molecule has 1 amide bonds. The topological polar surface area (TPSA) is 67.9 Å². The van der Waals surface area contributed by atoms with Gasteiger partial charge in [0, 0.05) is 34.5 Å². The summed E-state index contributed by atoms with van der Waals surface area (Å²) in [5.74, 6) is -0.424. The Bertz CT molecular complexity index is 1050. The van der Waals surface area contributed by atoms with Crippen molar-refractivity contribution in [2.75, 3.05) is 38.7 Å². The highest BCUT2D eigenvalue weighted by Gasteiger charge is 2.32. The number of hydrogen-bond acceptors (Lipinski definition) is 5. The highest BCUT2D eigenvalue weighted by atomic mass is 79.9. The number of halogens is 1. The molecule has 2 aromatic rings. The summed E-state index contributed by atoms with van der Waals surface area (Å²) in [7, 11) is 1.58. The van der Waals surface area contributed by atoms with Crippen LogP contribution in [0.4, 0.5) is 5.69 Å². The van der Waals surface area contributed by atoms with E-state index in [-0.39, 0.29) is 0 Å². The number of allylic oxidation sites excluding steroid dienone is 1. The van der Waals surface area contributed by atoms with Gasteiger partial charge in [0.25, 0.3) is 5.91 Å². The first-order chi connectivity index (χ1) is 15.5. The quantitative estimate of drug-likeness (QED) is 0.599. The molecular formula is C25H25BrN2O4. The fraction of sp³-hybridized carbons (Fsp3) is 0.280. The Hall–Kier alpha value is -2.90. The SMILES string of the molecule is COc1ccc(NC(=O)C(=O)C2=C(N3CCOCC3)C(=Cc3ccc(Br)cc3)CC2)cc1. The van der Waals surface area contributed by atoms with Gasteiger partial charge in [0.1, 0.15) is 5.75 Å². The van der Waals surface area contributed by atoms with Crippen LogP contribution in [0.25, 0.3) is 6.08 Å². The maximum atomic E-state index is 13.2. The third kappa shape index (κ3) is 5.11. The molecule has 0 spiro atoms. The van der Waals surface area contributed by atoms with Gasteiger partial charge in [-0.1, -0.05) is 28.1 Å². The third-order valence-electron chi connectivity index (χ3n) is 5.60. The summed E-state index contributed by atoms with van der Waals surface area (Å²) in [6.07, 6.45) is 3.38. The van der Waals surface area contributed by atoms with Crippen molar-refractivity contribution >= 4 is 39.4 Å². The molecule has 166 valence electrons. The number of carbonyl (C=O) groups excluding carboxylic acids is 2. The summed E-state index contributed by atoms with van der Waals surface area (Å²) in [6, 6.07) is 15.0. The van der Waals surface area contributed by atoms with Gasteiger partial charge in [-0.3, -0.25) is 9.59 Å². The van der Waals surface area contributed by atoms with Crippen molar-refractivity contribution < 1.29 is 19.1 Å². The molecule has 1 saturated heterocycles. The van der Waals surface area contributed by atoms with Crippen molar-refractivity contribution in [2.45, 2.75) is 12.8 Å². The molecule has 1 heterocycles. The lowest BCUT2D eigenvalue weighted by Gasteiger charge is -2.31. The number of amides is 1. The molecule has 0 bridgehead atoms. The summed E-state index contributed by atoms with van der Waals surface area (Å²) in [6.45, 7) is 2.61. The van der Waals surface area contributed by atoms with E-state index in [9.17, 15) is 9.59 Å². The van der Waals surface area contributed by atoms with Crippen molar-refractivity contribution in [3.05, 3.63) is 75.4 Å². The van der Waals surface area contributed by atoms with Crippen LogP contribution < -0.4 is 10.1 Å². The number of benzene rings is 2. The van der Waals surface area contributed by atoms with Gasteiger partial charge in [-0.05, 0) is 66.5 Å². The summed E-state index contributed by atoms with van der Waals surface area (Å²) >= 11 is 3.46. The molecular weight excluding hydrogens is 472 g/mol. The molecule has 0 radical (unpaired) electrons. The lowest BCUT2D eigenvalue weighted by Crippen LogP contribution is -2.37. The zero-order valence-electron chi connectivity index (χ0n) is 17.9. The molecule has 6 nitrogen and oxygen atoms in total. The van der Waals surface area contributed by atoms with E-state index in [0.29, 0.717) is 49.7 Å². The second-order valence-corrected chi connectivity index (χ2v) is 8.58. The number of rotatable bonds is 6. The Labute approximate surface area is 196 Å². The number of ketones is 1. The lowest BCUT2D eigenvalue weighted by atomic mass is 10.1. The minimum atomic E-state index is -0.624. The first-order valence-electron chi connectivity index (χ1n) is 10.6. The Morgan fingerprint density at radius 3 is 2.38 bits per heavy atom. The number of Topliss-reactive ketones (excluding diaryl/α,β-unsaturated/α-hetero) is 1. The van der Waals surface area contributed by atoms with Gasteiger partial charge in [0.2, 0.25) is 5.78 Å². The molecule has 0 unspecified atom stereocenters. The molecule has 0 aromatic heterocycles. The lowest BCUT2D eigenvalue weighted by molar-refractivity contribution is -0.132. The highest BCUT2D eigenvalue weighted by molar-refractivity contribution is 9.10. The van der Waals surface area contributed by atoms with Crippen LogP contribution in [0.5, 0.6) is 5.75 Å². The highest BCUT2D eigenvalue weighted by Crippen LogP contribution is 2.36. The smallest absolute Gasteiger partial charge is 0.296 e. The summed E-state index contributed by atoms with van der Waals surface area (Å²) in [5.41, 5.74) is 4.15. The maximum absolute atomic E-state index is 13.2. The fourth-order valence-corrected chi connectivity index (χ4v) is 4.26. The van der Waals surface area contributed by atoms with Crippen LogP contribution in [-0.2, 0) is 14.3 Å². The van der Waals surface area contributed by atoms with Crippen LogP contribution in [0.1, 0.15) is 18.4 Å². The molecule has 2 aromatic carbocycles. The van der Waals surface area contributed by atoms with Crippen LogP contribution in [0.15, 0.2) is 69.8 Å². The molecule has 32 heavy (non-hydrogen) atoms. The maximum Gasteiger partial charge on any atom is 0.296 e. The zero-order chi connectivity index (χ0) is 22.5. The number of nitrogens with one attached hydrogen (secondary N) is 1. The van der Waals surface area contributed by atoms with Crippen molar-refractivity contribution in [3.63, 3.8) is 0 Å². The van der Waals surface area contributed by atoms with Crippen LogP contribution in [0.3, 0.4) is 0 Å². The van der Waals surface area contributed by atoms with E-state index in [1.54, 1.807) is 31.4 Å². The minimum Gasteiger partial charge on any atom is -0.497 e. The molecule has 2 aliphatic rings. The number of hydrogen-bond donors (Lipinski definition) is 1. The van der Waals surface area contributed by atoms with Gasteiger partial charge in [-0.25, -0.2) is 0 Å². The van der Waals surface area contributed by atoms with Crippen molar-refractivity contribution in [1.29, 1.82) is 0 Å². The molecule has 1 N–H and O–H groups in total. The summed E-state index contributed by atoms with van der Waals surface area (Å²) < 4.78 is 11.7. The number of carbonyl (C=O) groups is 2. The van der Waals surface area contributed by atoms with E-state index in [1.807, 2.05) is 24.3 Å². The summed E-state index contributed by atoms with van der Waals surface area (Å²) in [5, 5.41) is 2.72. The van der Waals surface area contributed by atoms with Crippen LogP contribution >= 0.6 is 15.9 Å². The molecule has 4 rings (SSSR count). The zero-order valence-corrected chi connectivity index (χ0v) is 19.5. The Morgan fingerprint density at radius 2 is 1.72 bits per heavy atom. The monoisotopic (exact) mass is 496 g/mol. The standard InChI is InChI=1S/C25H25BrN2O4/c1-31-21-9-7-20(8-10-21)27-25(30)24(29)22-11-4-18(16-17-2-5-19(26)6-3-17)23(22)28-12-14-32-15-13-28/h2-3,5-10,16H,4,11-15H2,1H3,(H,27,30). The second-order valence-electron chi connectivity index (χ2n) is 7.66. The van der Waals surface area contributed by atoms with E-state index < -0.39 is 11.7 Å². The number of anilines is 1. The number of methoxy groups -OCH3 is 1. The molecule has 1 fully saturated rings. The Kier molecular flexibility index (Phi) is 7.07. The van der Waals surface area contributed by atoms with Gasteiger partial charge in [-0.15, -0.1) is 0 Å². The normalized spacial score (nSPS) is 17.6. The molecule has 7 heteroatoms. The van der Waals surface area contributed by atoms with Crippen LogP contribution in [-0.4, -0.2) is 50.0 Å². The van der Waals surface area contributed by atoms with E-state index in [2.05, 4.69) is 32.2 Å². The molecule has 1 aliphatic heterocycles. The molecule has 0 atom stereocenters. The van der Waals surface area contributed by atoms with E-state index in [1.165, 1.54) is 0 Å². The third-order valence-corrected chi connectivity index (χ3v) is 6.13. The Morgan fingerprint density at radius 1 is 1.03 bits per heavy atom. The van der Waals surface area contributed by atoms with E-state index in [4.69, 9.17) is 9.47 Å². The first-order valence-corrected chi connectivity index (χ1v) is 11.4. The van der Waals surface area contributed by atoms with Gasteiger partial charge >= 0.3 is 0 Å². The number of ether oxygens (including phenoxy) is 2. The van der Waals surface area contributed by atoms with Gasteiger partial charge in [-0.2, -0.15) is 0 Å². The van der Waals surface area contributed by atoms with Crippen molar-refractivity contribution in [3.8, 4) is 5.75 Å². The summed E-state index contributed by atoms with van der Waals surface area (Å²) in [4.78, 5) is 28.1. The second kappa shape index (κ2) is 10.1. The van der Waals surface area contributed by atoms with E-state index in [0.717, 1.165) is 27.7 Å². The molecule has 1 aliphatic carbocycles. The van der Waals surface area contributed by atoms with E-state index >= 15 is 0 Å². The van der Waals surface area contributed by atoms with Crippen LogP contribution in [0.2, 0.25) is 0 Å². The minimum absolute atomic E-state index is 0.485. The van der Waals surface area contributed by atoms with Gasteiger partial charge in [0.15, 0.2) is 0 Å². The van der Waals surface area contributed by atoms with Crippen molar-refractivity contribution in [2.24, 2.45) is 0 Å². The van der Waals surface area contributed by atoms with Crippen LogP contribution in [0, 0.1) is 0 Å². The average Bonchev–Trinajstić information content (AvgIpc) is 3.24. The Balaban J connectivity index is 1.62. The fourth-order valence-electron chi connectivity index (χ4n) is 3.99. The largest absolute Gasteiger partial charge is 0.497 e. The molecule has 0 saturated carbocycles. The van der Waals surface area contributed by atoms with Crippen molar-refractivity contribution in [1.82, 2.24) is 4.90 Å². The van der Waals surface area contributed by atoms with Gasteiger partial charge in [0.05, 0.1) is 20.3 Å². The van der Waals surface area contributed by atoms with Gasteiger partial charge < -0.3 is 19.7 Å². The number of nitrogens with zero attached hydrogens (tertiary/aromatic N) is 1. The predicted molar refractivity (Wildman–Crippen MR) is 127 cm³/mol. The average molecular weight is 497 g/mol. The predicted octanol–water partition coefficient (Wildman–Crippen LogP) is 4.43. The number of morpholine rings is 1.